The van der Waals surface area contributed by atoms with E-state index in [-0.39, 0.29) is 6.04 Å². The number of nitrogens with zero attached hydrogens (tertiary/aromatic N) is 2. The van der Waals surface area contributed by atoms with Crippen molar-refractivity contribution in [3.8, 4) is 0 Å². The fourth-order valence-corrected chi connectivity index (χ4v) is 2.89. The Labute approximate surface area is 114 Å². The fourth-order valence-electron chi connectivity index (χ4n) is 2.61. The van der Waals surface area contributed by atoms with Crippen molar-refractivity contribution in [3.63, 3.8) is 0 Å². The maximum absolute atomic E-state index is 6.28. The number of hydrogen-bond acceptors (Lipinski definition) is 3. The van der Waals surface area contributed by atoms with Crippen LogP contribution < -0.4 is 5.32 Å². The number of aromatic nitrogens is 2. The van der Waals surface area contributed by atoms with Gasteiger partial charge >= 0.3 is 0 Å². The highest BCUT2D eigenvalue weighted by Gasteiger charge is 2.28. The lowest BCUT2D eigenvalue weighted by Crippen LogP contribution is -2.34. The molecule has 0 bridgehead atoms. The second-order valence-corrected chi connectivity index (χ2v) is 5.29. The van der Waals surface area contributed by atoms with Crippen molar-refractivity contribution >= 4 is 11.6 Å². The molecule has 2 rings (SSSR count). The van der Waals surface area contributed by atoms with Gasteiger partial charge in [0.1, 0.15) is 0 Å². The summed E-state index contributed by atoms with van der Waals surface area (Å²) in [5.74, 6) is 0.582. The van der Waals surface area contributed by atoms with E-state index in [2.05, 4.69) is 17.3 Å². The van der Waals surface area contributed by atoms with E-state index in [0.29, 0.717) is 5.92 Å². The van der Waals surface area contributed by atoms with Crippen molar-refractivity contribution in [3.05, 3.63) is 16.9 Å². The van der Waals surface area contributed by atoms with Crippen molar-refractivity contribution in [1.29, 1.82) is 0 Å². The summed E-state index contributed by atoms with van der Waals surface area (Å²) in [6.07, 6.45) is 5.03. The van der Waals surface area contributed by atoms with Gasteiger partial charge in [0.25, 0.3) is 0 Å². The van der Waals surface area contributed by atoms with Crippen LogP contribution in [0.3, 0.4) is 0 Å². The Morgan fingerprint density at radius 2 is 2.28 bits per heavy atom. The predicted octanol–water partition coefficient (Wildman–Crippen LogP) is 2.54. The Hall–Kier alpha value is -0.580. The molecular weight excluding hydrogens is 250 g/mol. The zero-order valence-corrected chi connectivity index (χ0v) is 11.9. The second kappa shape index (κ2) is 6.55. The van der Waals surface area contributed by atoms with Gasteiger partial charge in [0.2, 0.25) is 0 Å². The van der Waals surface area contributed by atoms with Crippen LogP contribution in [0.4, 0.5) is 0 Å². The molecule has 1 atom stereocenters. The topological polar surface area (TPSA) is 39.1 Å². The van der Waals surface area contributed by atoms with E-state index >= 15 is 0 Å². The third-order valence-electron chi connectivity index (χ3n) is 3.58. The van der Waals surface area contributed by atoms with Crippen molar-refractivity contribution < 1.29 is 4.74 Å². The van der Waals surface area contributed by atoms with Gasteiger partial charge < -0.3 is 10.1 Å². The van der Waals surface area contributed by atoms with Crippen LogP contribution in [0.5, 0.6) is 0 Å². The summed E-state index contributed by atoms with van der Waals surface area (Å²) < 4.78 is 7.34. The quantitative estimate of drug-likeness (QED) is 0.895. The molecule has 0 aliphatic carbocycles. The first-order valence-corrected chi connectivity index (χ1v) is 7.10. The molecule has 0 amide bonds. The molecule has 5 heteroatoms. The van der Waals surface area contributed by atoms with Crippen LogP contribution in [0.25, 0.3) is 0 Å². The molecule has 1 aliphatic rings. The van der Waals surface area contributed by atoms with Gasteiger partial charge in [-0.15, -0.1) is 0 Å². The Balaban J connectivity index is 2.18. The van der Waals surface area contributed by atoms with Crippen molar-refractivity contribution in [2.45, 2.75) is 32.2 Å². The van der Waals surface area contributed by atoms with Gasteiger partial charge in [-0.05, 0) is 31.7 Å². The van der Waals surface area contributed by atoms with E-state index in [4.69, 9.17) is 16.3 Å². The van der Waals surface area contributed by atoms with Crippen LogP contribution in [0.2, 0.25) is 5.02 Å². The monoisotopic (exact) mass is 271 g/mol. The molecule has 2 heterocycles. The van der Waals surface area contributed by atoms with E-state index < -0.39 is 0 Å². The molecule has 1 aliphatic heterocycles. The zero-order valence-electron chi connectivity index (χ0n) is 11.2. The number of halogens is 1. The summed E-state index contributed by atoms with van der Waals surface area (Å²) in [4.78, 5) is 0. The summed E-state index contributed by atoms with van der Waals surface area (Å²) in [5.41, 5.74) is 1.11. The molecule has 4 nitrogen and oxygen atoms in total. The van der Waals surface area contributed by atoms with E-state index in [0.717, 1.165) is 49.7 Å². The number of rotatable bonds is 5. The Bertz CT molecular complexity index is 355. The molecule has 1 fully saturated rings. The lowest BCUT2D eigenvalue weighted by molar-refractivity contribution is 0.0526. The SMILES string of the molecule is CCCNC(c1c(Cl)cnn1C)C1CCOCC1. The van der Waals surface area contributed by atoms with Gasteiger partial charge in [-0.25, -0.2) is 0 Å². The van der Waals surface area contributed by atoms with Gasteiger partial charge in [-0.1, -0.05) is 18.5 Å². The van der Waals surface area contributed by atoms with Crippen LogP contribution >= 0.6 is 11.6 Å². The summed E-state index contributed by atoms with van der Waals surface area (Å²) in [6.45, 7) is 4.89. The standard InChI is InChI=1S/C13H22ClN3O/c1-3-6-15-12(10-4-7-18-8-5-10)13-11(14)9-16-17(13)2/h9-10,12,15H,3-8H2,1-2H3. The van der Waals surface area contributed by atoms with E-state index in [1.54, 1.807) is 6.20 Å². The molecule has 1 unspecified atom stereocenters. The smallest absolute Gasteiger partial charge is 0.0834 e. The van der Waals surface area contributed by atoms with Crippen molar-refractivity contribution in [2.75, 3.05) is 19.8 Å². The number of hydrogen-bond donors (Lipinski definition) is 1. The van der Waals surface area contributed by atoms with Gasteiger partial charge in [-0.3, -0.25) is 4.68 Å². The highest BCUT2D eigenvalue weighted by atomic mass is 35.5. The molecule has 0 aromatic carbocycles. The lowest BCUT2D eigenvalue weighted by Gasteiger charge is -2.31. The summed E-state index contributed by atoms with van der Waals surface area (Å²) >= 11 is 6.28. The first-order valence-electron chi connectivity index (χ1n) is 6.72. The molecule has 0 radical (unpaired) electrons. The van der Waals surface area contributed by atoms with Crippen molar-refractivity contribution in [1.82, 2.24) is 15.1 Å². The third-order valence-corrected chi connectivity index (χ3v) is 3.88. The molecule has 18 heavy (non-hydrogen) atoms. The fraction of sp³-hybridized carbons (Fsp3) is 0.769. The largest absolute Gasteiger partial charge is 0.381 e. The predicted molar refractivity (Wildman–Crippen MR) is 72.8 cm³/mol. The van der Waals surface area contributed by atoms with Crippen LogP contribution in [0.15, 0.2) is 6.20 Å². The van der Waals surface area contributed by atoms with Crippen molar-refractivity contribution in [2.24, 2.45) is 13.0 Å². The summed E-state index contributed by atoms with van der Waals surface area (Å²) in [6, 6.07) is 0.286. The maximum atomic E-state index is 6.28. The minimum absolute atomic E-state index is 0.286. The van der Waals surface area contributed by atoms with E-state index in [9.17, 15) is 0 Å². The average Bonchev–Trinajstić information content (AvgIpc) is 2.72. The molecular formula is C13H22ClN3O. The van der Waals surface area contributed by atoms with Crippen LogP contribution in [0.1, 0.15) is 37.9 Å². The first-order chi connectivity index (χ1) is 8.74. The first kappa shape index (κ1) is 13.8. The highest BCUT2D eigenvalue weighted by Crippen LogP contribution is 2.33. The molecule has 0 spiro atoms. The molecule has 0 saturated carbocycles. The van der Waals surface area contributed by atoms with Crippen LogP contribution in [-0.4, -0.2) is 29.5 Å². The maximum Gasteiger partial charge on any atom is 0.0834 e. The Morgan fingerprint density at radius 1 is 1.56 bits per heavy atom. The van der Waals surface area contributed by atoms with Crippen LogP contribution in [-0.2, 0) is 11.8 Å². The lowest BCUT2D eigenvalue weighted by atomic mass is 9.89. The Kier molecular flexibility index (Phi) is 5.03. The minimum Gasteiger partial charge on any atom is -0.381 e. The Morgan fingerprint density at radius 3 is 2.83 bits per heavy atom. The molecule has 1 N–H and O–H groups in total. The van der Waals surface area contributed by atoms with E-state index in [1.807, 2.05) is 11.7 Å². The van der Waals surface area contributed by atoms with Gasteiger partial charge in [0.05, 0.1) is 23.0 Å². The molecule has 102 valence electrons. The third kappa shape index (κ3) is 3.05. The second-order valence-electron chi connectivity index (χ2n) is 4.88. The van der Waals surface area contributed by atoms with Gasteiger partial charge in [0, 0.05) is 20.3 Å². The molecule has 1 aromatic heterocycles. The molecule has 1 aromatic rings. The van der Waals surface area contributed by atoms with Gasteiger partial charge in [-0.2, -0.15) is 5.10 Å². The number of nitrogens with one attached hydrogen (secondary N) is 1. The summed E-state index contributed by atoms with van der Waals surface area (Å²) in [5, 5.41) is 8.64. The average molecular weight is 272 g/mol. The summed E-state index contributed by atoms with van der Waals surface area (Å²) in [7, 11) is 1.96. The zero-order chi connectivity index (χ0) is 13.0. The van der Waals surface area contributed by atoms with Gasteiger partial charge in [0.15, 0.2) is 0 Å². The highest BCUT2D eigenvalue weighted by molar-refractivity contribution is 6.31. The normalized spacial score (nSPS) is 19.1. The number of aryl methyl sites for hydroxylation is 1. The molecule has 1 saturated heterocycles. The number of ether oxygens (including phenoxy) is 1. The van der Waals surface area contributed by atoms with Crippen LogP contribution in [0, 0.1) is 5.92 Å². The minimum atomic E-state index is 0.286. The van der Waals surface area contributed by atoms with E-state index in [1.165, 1.54) is 0 Å².